The van der Waals surface area contributed by atoms with Gasteiger partial charge in [0.25, 0.3) is 17.8 Å². The molecule has 0 fully saturated rings. The smallest absolute Gasteiger partial charge is 0.388 e. The van der Waals surface area contributed by atoms with Gasteiger partial charge in [-0.25, -0.2) is 0 Å². The molecule has 224 valence electrons. The average Bonchev–Trinajstić information content (AvgIpc) is 2.89. The van der Waals surface area contributed by atoms with Crippen LogP contribution in [-0.2, 0) is 39.5 Å². The van der Waals surface area contributed by atoms with Crippen LogP contribution in [0.4, 0.5) is 13.2 Å². The van der Waals surface area contributed by atoms with Gasteiger partial charge in [-0.3, -0.25) is 0 Å². The molecular formula is C11H31F3O12Si14. The lowest BCUT2D eigenvalue weighted by Gasteiger charge is -2.37. The minimum absolute atomic E-state index is 0.564. The summed E-state index contributed by atoms with van der Waals surface area (Å²) in [5.41, 5.74) is 2.37. The molecule has 0 rings (SSSR count). The Hall–Kier alpha value is 0.786. The summed E-state index contributed by atoms with van der Waals surface area (Å²) in [5.74, 6) is 0. The van der Waals surface area contributed by atoms with E-state index in [1.54, 1.807) is 0 Å². The Kier molecular flexibility index (Phi) is 16.5. The number of halogens is 3. The highest BCUT2D eigenvalue weighted by atomic mass is 30.0. The summed E-state index contributed by atoms with van der Waals surface area (Å²) in [4.78, 5) is 29.2. The summed E-state index contributed by atoms with van der Waals surface area (Å²) >= 11 is 0. The molecule has 0 bridgehead atoms. The molecule has 0 saturated carbocycles. The van der Waals surface area contributed by atoms with Gasteiger partial charge in [-0.2, -0.15) is 13.2 Å². The predicted molar refractivity (Wildman–Crippen MR) is 161 cm³/mol. The fourth-order valence-corrected chi connectivity index (χ4v) is 136. The van der Waals surface area contributed by atoms with Crippen LogP contribution in [0.25, 0.3) is 0 Å². The molecule has 0 amide bonds. The van der Waals surface area contributed by atoms with Crippen molar-refractivity contribution >= 4 is 114 Å². The molecule has 0 aliphatic heterocycles. The zero-order valence-electron chi connectivity index (χ0n) is 22.5. The van der Waals surface area contributed by atoms with E-state index in [1.165, 1.54) is 33.9 Å². The van der Waals surface area contributed by atoms with E-state index >= 15 is 0 Å². The minimum atomic E-state index is -4.58. The average molecular weight is 806 g/mol. The van der Waals surface area contributed by atoms with Crippen LogP contribution in [0, 0.1) is 12.0 Å². The first-order valence-corrected chi connectivity index (χ1v) is 46.4. The van der Waals surface area contributed by atoms with Crippen LogP contribution >= 0.6 is 0 Å². The van der Waals surface area contributed by atoms with E-state index in [0.717, 1.165) is 0 Å². The molecule has 29 heteroatoms. The Morgan fingerprint density at radius 1 is 0.825 bits per heavy atom. The maximum absolute atomic E-state index is 13.3. The highest BCUT2D eigenvalue weighted by molar-refractivity contribution is 7.77. The number of terminal acetylenes is 1. The van der Waals surface area contributed by atoms with Gasteiger partial charge in [-0.1, -0.05) is 27.3 Å². The first-order chi connectivity index (χ1) is 18.0. The standard InChI is InChI=1S/C11H31F3O12Si14/c1-7-39(6,40(28-16,29-17)25-27-15)26-30-31(18)32(19)33(20)34(21)35(22)36(23)37(24)38(5,10(2,3)4)9-8-11(12,13)14/h1,15-17H,8-9,27-30H2,2-6H3. The Bertz CT molecular complexity index is 1120. The van der Waals surface area contributed by atoms with Crippen LogP contribution in [0.2, 0.25) is 24.2 Å². The summed E-state index contributed by atoms with van der Waals surface area (Å²) in [6.45, 7) is 4.03. The molecule has 0 aliphatic carbocycles. The maximum atomic E-state index is 13.3. The first-order valence-electron chi connectivity index (χ1n) is 11.5. The quantitative estimate of drug-likeness (QED) is 0.0936. The number of rotatable bonds is 17. The van der Waals surface area contributed by atoms with Crippen molar-refractivity contribution < 1.29 is 67.0 Å². The summed E-state index contributed by atoms with van der Waals surface area (Å²) in [5, 5.41) is -0.956. The summed E-state index contributed by atoms with van der Waals surface area (Å²) < 4.78 is 140. The van der Waals surface area contributed by atoms with E-state index in [4.69, 9.17) is 14.7 Å². The third kappa shape index (κ3) is 9.90. The number of alkyl halides is 3. The fraction of sp³-hybridized carbons (Fsp3) is 0.818. The highest BCUT2D eigenvalue weighted by Gasteiger charge is 2.58. The van der Waals surface area contributed by atoms with E-state index in [9.17, 15) is 58.8 Å². The largest absolute Gasteiger partial charge is 0.449 e. The normalized spacial score (nSPS) is 17.6. The second kappa shape index (κ2) is 16.2. The molecular weight excluding hydrogens is 774 g/mol. The Morgan fingerprint density at radius 3 is 1.65 bits per heavy atom. The molecule has 0 aromatic rings. The Morgan fingerprint density at radius 2 is 1.27 bits per heavy atom. The molecule has 0 saturated heterocycles. The monoisotopic (exact) mass is 804 g/mol. The molecule has 0 aliphatic rings. The second-order valence-corrected chi connectivity index (χ2v) is 84.3. The van der Waals surface area contributed by atoms with Crippen LogP contribution in [0.3, 0.4) is 0 Å². The van der Waals surface area contributed by atoms with Crippen molar-refractivity contribution in [2.45, 2.75) is 57.5 Å². The van der Waals surface area contributed by atoms with E-state index < -0.39 is 138 Å². The van der Waals surface area contributed by atoms with Gasteiger partial charge >= 0.3 is 60.2 Å². The van der Waals surface area contributed by atoms with Crippen LogP contribution in [0.15, 0.2) is 0 Å². The van der Waals surface area contributed by atoms with Gasteiger partial charge in [0.05, 0.1) is 0 Å². The zero-order chi connectivity index (χ0) is 31.9. The Balaban J connectivity index is 5.81. The number of hydrogen-bond donors (Lipinski definition) is 3. The second-order valence-electron chi connectivity index (χ2n) is 10.1. The van der Waals surface area contributed by atoms with Crippen molar-refractivity contribution in [2.75, 3.05) is 0 Å². The molecule has 0 radical (unpaired) electrons. The van der Waals surface area contributed by atoms with Gasteiger partial charge < -0.3 is 53.9 Å². The SMILES string of the molecule is C#C[Si](C)(O[SiH2][Si](=O)[Si](=O)[Si](=O)[Si](=O)[Si](=O)[Si](=O)[Si](=O)[Si](C)(CCC(F)(F)F)C(C)(C)C)[Si](O[SiH2]O)([SiH2]O)[SiH2]O. The maximum Gasteiger partial charge on any atom is 0.388 e. The van der Waals surface area contributed by atoms with Gasteiger partial charge in [0.2, 0.25) is 16.2 Å². The van der Waals surface area contributed by atoms with Gasteiger partial charge in [0, 0.05) is 6.42 Å². The summed E-state index contributed by atoms with van der Waals surface area (Å²) in [6, 6.07) is -0.564. The van der Waals surface area contributed by atoms with Crippen molar-refractivity contribution in [1.82, 2.24) is 0 Å². The van der Waals surface area contributed by atoms with Gasteiger partial charge in [0.15, 0.2) is 18.6 Å². The molecule has 40 heavy (non-hydrogen) atoms. The lowest BCUT2D eigenvalue weighted by Crippen LogP contribution is -2.74. The van der Waals surface area contributed by atoms with Crippen LogP contribution in [0.1, 0.15) is 27.2 Å². The fourth-order valence-electron chi connectivity index (χ4n) is 3.29. The van der Waals surface area contributed by atoms with Crippen molar-refractivity contribution in [3.8, 4) is 12.0 Å². The van der Waals surface area contributed by atoms with E-state index in [-0.39, 0.29) is 0 Å². The van der Waals surface area contributed by atoms with Gasteiger partial charge in [-0.15, -0.1) is 12.0 Å². The Labute approximate surface area is 249 Å². The molecule has 0 aromatic carbocycles. The van der Waals surface area contributed by atoms with Crippen molar-refractivity contribution in [3.05, 3.63) is 0 Å². The van der Waals surface area contributed by atoms with Crippen LogP contribution in [0.5, 0.6) is 0 Å². The van der Waals surface area contributed by atoms with Crippen molar-refractivity contribution in [1.29, 1.82) is 0 Å². The minimum Gasteiger partial charge on any atom is -0.449 e. The van der Waals surface area contributed by atoms with Crippen molar-refractivity contribution in [2.24, 2.45) is 0 Å². The van der Waals surface area contributed by atoms with E-state index in [2.05, 4.69) is 5.54 Å². The molecule has 2 atom stereocenters. The lowest BCUT2D eigenvalue weighted by atomic mass is 10.2. The molecule has 3 N–H and O–H groups in total. The van der Waals surface area contributed by atoms with Gasteiger partial charge in [0.1, 0.15) is 7.59 Å². The molecule has 0 heterocycles. The van der Waals surface area contributed by atoms with E-state index in [0.29, 0.717) is 0 Å². The predicted octanol–water partition coefficient (Wildman–Crippen LogP) is -5.16. The lowest BCUT2D eigenvalue weighted by molar-refractivity contribution is -0.130. The molecule has 12 nitrogen and oxygen atoms in total. The van der Waals surface area contributed by atoms with Crippen molar-refractivity contribution in [3.63, 3.8) is 0 Å². The number of hydrogen-bond acceptors (Lipinski definition) is 12. The molecule has 0 spiro atoms. The first kappa shape index (κ1) is 40.8. The molecule has 2 unspecified atom stereocenters. The van der Waals surface area contributed by atoms with E-state index in [1.807, 2.05) is 0 Å². The topological polar surface area (TPSA) is 199 Å². The highest BCUT2D eigenvalue weighted by Crippen LogP contribution is 2.41. The summed E-state index contributed by atoms with van der Waals surface area (Å²) in [7, 11) is -41.3. The van der Waals surface area contributed by atoms with Crippen LogP contribution < -0.4 is 0 Å². The summed E-state index contributed by atoms with van der Waals surface area (Å²) in [6.07, 6.45) is -0.310. The van der Waals surface area contributed by atoms with Gasteiger partial charge in [-0.05, 0) is 17.6 Å². The third-order valence-electron chi connectivity index (χ3n) is 6.84. The van der Waals surface area contributed by atoms with Crippen LogP contribution in [-0.4, -0.2) is 135 Å². The third-order valence-corrected chi connectivity index (χ3v) is 120. The zero-order valence-corrected chi connectivity index (χ0v) is 38.1. The molecule has 0 aromatic heterocycles.